The first-order chi connectivity index (χ1) is 8.40. The van der Waals surface area contributed by atoms with E-state index in [4.69, 9.17) is 23.2 Å². The van der Waals surface area contributed by atoms with Crippen molar-refractivity contribution in [1.29, 1.82) is 0 Å². The van der Waals surface area contributed by atoms with Crippen LogP contribution in [-0.4, -0.2) is 31.4 Å². The molecule has 0 amide bonds. The Bertz CT molecular complexity index is 491. The molecule has 0 saturated carbocycles. The molecular formula is C12H17Cl2NO2S. The number of nitrogens with zero attached hydrogens (tertiary/aromatic N) is 1. The van der Waals surface area contributed by atoms with Gasteiger partial charge in [0.2, 0.25) is 10.0 Å². The Morgan fingerprint density at radius 3 is 2.50 bits per heavy atom. The second-order valence-corrected chi connectivity index (χ2v) is 7.01. The molecule has 0 fully saturated rings. The Morgan fingerprint density at radius 2 is 1.94 bits per heavy atom. The van der Waals surface area contributed by atoms with Crippen LogP contribution in [-0.2, 0) is 10.0 Å². The first kappa shape index (κ1) is 15.8. The van der Waals surface area contributed by atoms with E-state index in [9.17, 15) is 8.42 Å². The lowest BCUT2D eigenvalue weighted by atomic mass is 10.1. The molecule has 0 bridgehead atoms. The molecule has 1 atom stereocenters. The summed E-state index contributed by atoms with van der Waals surface area (Å²) in [5, 5.41) is 0.574. The van der Waals surface area contributed by atoms with Gasteiger partial charge in [0.05, 0.1) is 5.75 Å². The normalized spacial score (nSPS) is 13.8. The second-order valence-electron chi connectivity index (χ2n) is 4.07. The Morgan fingerprint density at radius 1 is 1.33 bits per heavy atom. The van der Waals surface area contributed by atoms with Gasteiger partial charge < -0.3 is 0 Å². The third kappa shape index (κ3) is 3.85. The summed E-state index contributed by atoms with van der Waals surface area (Å²) >= 11 is 11.6. The van der Waals surface area contributed by atoms with E-state index in [0.29, 0.717) is 17.3 Å². The van der Waals surface area contributed by atoms with Gasteiger partial charge in [-0.2, -0.15) is 4.31 Å². The van der Waals surface area contributed by atoms with Crippen LogP contribution in [0.25, 0.3) is 0 Å². The summed E-state index contributed by atoms with van der Waals surface area (Å²) in [7, 11) is -1.73. The molecule has 1 aromatic carbocycles. The van der Waals surface area contributed by atoms with Gasteiger partial charge >= 0.3 is 0 Å². The van der Waals surface area contributed by atoms with Crippen LogP contribution >= 0.6 is 23.2 Å². The zero-order chi connectivity index (χ0) is 13.8. The van der Waals surface area contributed by atoms with Gasteiger partial charge in [0.1, 0.15) is 0 Å². The molecule has 102 valence electrons. The van der Waals surface area contributed by atoms with Crippen molar-refractivity contribution in [3.8, 4) is 0 Å². The van der Waals surface area contributed by atoms with Crippen LogP contribution in [0, 0.1) is 0 Å². The highest BCUT2D eigenvalue weighted by molar-refractivity contribution is 7.89. The van der Waals surface area contributed by atoms with E-state index < -0.39 is 10.0 Å². The predicted octanol–water partition coefficient (Wildman–Crippen LogP) is 3.29. The SMILES string of the molecule is CC(c1ccccc1Cl)N(C)S(=O)(=O)CCCCl. The van der Waals surface area contributed by atoms with Gasteiger partial charge in [0.25, 0.3) is 0 Å². The number of hydrogen-bond acceptors (Lipinski definition) is 2. The topological polar surface area (TPSA) is 37.4 Å². The minimum Gasteiger partial charge on any atom is -0.212 e. The summed E-state index contributed by atoms with van der Waals surface area (Å²) in [6.07, 6.45) is 0.448. The molecule has 0 heterocycles. The number of rotatable bonds is 6. The van der Waals surface area contributed by atoms with E-state index in [1.165, 1.54) is 4.31 Å². The zero-order valence-corrected chi connectivity index (χ0v) is 12.8. The number of benzene rings is 1. The highest BCUT2D eigenvalue weighted by atomic mass is 35.5. The monoisotopic (exact) mass is 309 g/mol. The molecule has 6 heteroatoms. The molecule has 0 radical (unpaired) electrons. The fourth-order valence-corrected chi connectivity index (χ4v) is 3.61. The summed E-state index contributed by atoms with van der Waals surface area (Å²) in [5.41, 5.74) is 0.802. The van der Waals surface area contributed by atoms with Crippen molar-refractivity contribution in [3.63, 3.8) is 0 Å². The van der Waals surface area contributed by atoms with Crippen LogP contribution in [0.4, 0.5) is 0 Å². The molecule has 18 heavy (non-hydrogen) atoms. The van der Waals surface area contributed by atoms with Crippen molar-refractivity contribution < 1.29 is 8.42 Å². The van der Waals surface area contributed by atoms with Gasteiger partial charge in [0.15, 0.2) is 0 Å². The summed E-state index contributed by atoms with van der Waals surface area (Å²) in [6, 6.07) is 6.96. The van der Waals surface area contributed by atoms with Crippen molar-refractivity contribution in [2.45, 2.75) is 19.4 Å². The smallest absolute Gasteiger partial charge is 0.212 e. The van der Waals surface area contributed by atoms with Crippen molar-refractivity contribution >= 4 is 33.2 Å². The molecule has 0 saturated heterocycles. The van der Waals surface area contributed by atoms with Gasteiger partial charge in [-0.1, -0.05) is 29.8 Å². The van der Waals surface area contributed by atoms with Crippen molar-refractivity contribution in [3.05, 3.63) is 34.9 Å². The lowest BCUT2D eigenvalue weighted by Gasteiger charge is -2.25. The van der Waals surface area contributed by atoms with Crippen molar-refractivity contribution in [2.75, 3.05) is 18.7 Å². The third-order valence-electron chi connectivity index (χ3n) is 2.88. The largest absolute Gasteiger partial charge is 0.214 e. The first-order valence-corrected chi connectivity index (χ1v) is 8.18. The number of halogens is 2. The number of hydrogen-bond donors (Lipinski definition) is 0. The molecule has 1 rings (SSSR count). The Labute approximate surface area is 119 Å². The number of sulfonamides is 1. The highest BCUT2D eigenvalue weighted by Gasteiger charge is 2.24. The fraction of sp³-hybridized carbons (Fsp3) is 0.500. The van der Waals surface area contributed by atoms with E-state index in [0.717, 1.165) is 5.56 Å². The molecule has 1 aromatic rings. The number of alkyl halides is 1. The van der Waals surface area contributed by atoms with E-state index in [-0.39, 0.29) is 11.8 Å². The van der Waals surface area contributed by atoms with E-state index >= 15 is 0 Å². The predicted molar refractivity (Wildman–Crippen MR) is 76.8 cm³/mol. The Balaban J connectivity index is 2.91. The lowest BCUT2D eigenvalue weighted by Crippen LogP contribution is -2.32. The fourth-order valence-electron chi connectivity index (χ4n) is 1.63. The van der Waals surface area contributed by atoms with E-state index in [1.54, 1.807) is 13.1 Å². The van der Waals surface area contributed by atoms with Crippen molar-refractivity contribution in [1.82, 2.24) is 4.31 Å². The molecule has 1 unspecified atom stereocenters. The molecular weight excluding hydrogens is 293 g/mol. The summed E-state index contributed by atoms with van der Waals surface area (Å²) in [6.45, 7) is 1.82. The molecule has 0 aromatic heterocycles. The minimum atomic E-state index is -3.30. The van der Waals surface area contributed by atoms with Crippen LogP contribution in [0.15, 0.2) is 24.3 Å². The van der Waals surface area contributed by atoms with Crippen LogP contribution < -0.4 is 0 Å². The summed E-state index contributed by atoms with van der Waals surface area (Å²) in [5.74, 6) is 0.398. The molecule has 3 nitrogen and oxygen atoms in total. The van der Waals surface area contributed by atoms with Gasteiger partial charge in [-0.25, -0.2) is 8.42 Å². The van der Waals surface area contributed by atoms with Gasteiger partial charge in [-0.15, -0.1) is 11.6 Å². The third-order valence-corrected chi connectivity index (χ3v) is 5.49. The zero-order valence-electron chi connectivity index (χ0n) is 10.4. The van der Waals surface area contributed by atoms with Crippen LogP contribution in [0.1, 0.15) is 24.9 Å². The first-order valence-electron chi connectivity index (χ1n) is 5.66. The molecule has 0 aliphatic heterocycles. The minimum absolute atomic E-state index is 0.0573. The molecule has 0 N–H and O–H groups in total. The van der Waals surface area contributed by atoms with E-state index in [1.807, 2.05) is 25.1 Å². The molecule has 0 aliphatic carbocycles. The van der Waals surface area contributed by atoms with Crippen LogP contribution in [0.3, 0.4) is 0 Å². The summed E-state index contributed by atoms with van der Waals surface area (Å²) < 4.78 is 25.4. The lowest BCUT2D eigenvalue weighted by molar-refractivity contribution is 0.398. The maximum absolute atomic E-state index is 12.0. The van der Waals surface area contributed by atoms with Crippen LogP contribution in [0.2, 0.25) is 5.02 Å². The maximum atomic E-state index is 12.0. The average Bonchev–Trinajstić information content (AvgIpc) is 2.35. The van der Waals surface area contributed by atoms with Crippen LogP contribution in [0.5, 0.6) is 0 Å². The van der Waals surface area contributed by atoms with Gasteiger partial charge in [-0.05, 0) is 25.0 Å². The Kier molecular flexibility index (Phi) is 5.92. The van der Waals surface area contributed by atoms with Gasteiger partial charge in [0, 0.05) is 24.0 Å². The Hall–Kier alpha value is -0.290. The average molecular weight is 310 g/mol. The van der Waals surface area contributed by atoms with Crippen molar-refractivity contribution in [2.24, 2.45) is 0 Å². The second kappa shape index (κ2) is 6.75. The molecule has 0 aliphatic rings. The molecule has 0 spiro atoms. The summed E-state index contributed by atoms with van der Waals surface area (Å²) in [4.78, 5) is 0. The highest BCUT2D eigenvalue weighted by Crippen LogP contribution is 2.28. The van der Waals surface area contributed by atoms with E-state index in [2.05, 4.69) is 0 Å². The van der Waals surface area contributed by atoms with Gasteiger partial charge in [-0.3, -0.25) is 0 Å². The maximum Gasteiger partial charge on any atom is 0.214 e. The quantitative estimate of drug-likeness (QED) is 0.756. The standard InChI is InChI=1S/C12H17Cl2NO2S/c1-10(11-6-3-4-7-12(11)14)15(2)18(16,17)9-5-8-13/h3-4,6-7,10H,5,8-9H2,1-2H3.